The Morgan fingerprint density at radius 3 is 2.78 bits per heavy atom. The molecule has 0 saturated carbocycles. The first-order chi connectivity index (χ1) is 8.61. The first-order valence-electron chi connectivity index (χ1n) is 5.24. The Balaban J connectivity index is 2.34. The Morgan fingerprint density at radius 1 is 1.33 bits per heavy atom. The number of anilines is 1. The topological polar surface area (TPSA) is 47.0 Å². The van der Waals surface area contributed by atoms with Gasteiger partial charge in [-0.25, -0.2) is 14.4 Å². The minimum absolute atomic E-state index is 0.0725. The van der Waals surface area contributed by atoms with Crippen LogP contribution >= 0.6 is 11.6 Å². The van der Waals surface area contributed by atoms with Crippen LogP contribution in [0.2, 0.25) is 5.02 Å². The smallest absolute Gasteiger partial charge is 0.227 e. The summed E-state index contributed by atoms with van der Waals surface area (Å²) in [7, 11) is 1.74. The summed E-state index contributed by atoms with van der Waals surface area (Å²) in [5.74, 6) is 0.472. The summed E-state index contributed by atoms with van der Waals surface area (Å²) in [5, 5.41) is 3.21. The van der Waals surface area contributed by atoms with Crippen LogP contribution in [-0.4, -0.2) is 17.0 Å². The van der Waals surface area contributed by atoms with Crippen molar-refractivity contribution in [3.8, 4) is 11.6 Å². The summed E-state index contributed by atoms with van der Waals surface area (Å²) in [4.78, 5) is 7.99. The van der Waals surface area contributed by atoms with E-state index >= 15 is 0 Å². The van der Waals surface area contributed by atoms with Crippen LogP contribution < -0.4 is 10.1 Å². The monoisotopic (exact) mass is 267 g/mol. The highest BCUT2D eigenvalue weighted by atomic mass is 35.5. The molecule has 18 heavy (non-hydrogen) atoms. The van der Waals surface area contributed by atoms with Crippen LogP contribution in [0.25, 0.3) is 0 Å². The number of halogens is 2. The van der Waals surface area contributed by atoms with Crippen molar-refractivity contribution in [2.75, 3.05) is 12.4 Å². The Hall–Kier alpha value is -1.88. The Bertz CT molecular complexity index is 577. The van der Waals surface area contributed by atoms with Crippen molar-refractivity contribution < 1.29 is 9.13 Å². The van der Waals surface area contributed by atoms with Crippen molar-refractivity contribution in [2.45, 2.75) is 6.92 Å². The quantitative estimate of drug-likeness (QED) is 0.926. The maximum Gasteiger partial charge on any atom is 0.227 e. The minimum atomic E-state index is -0.536. The molecule has 0 amide bonds. The van der Waals surface area contributed by atoms with Gasteiger partial charge in [0, 0.05) is 12.1 Å². The second kappa shape index (κ2) is 5.18. The van der Waals surface area contributed by atoms with Crippen LogP contribution in [0.4, 0.5) is 10.2 Å². The van der Waals surface area contributed by atoms with E-state index in [2.05, 4.69) is 15.3 Å². The van der Waals surface area contributed by atoms with Crippen molar-refractivity contribution in [3.05, 3.63) is 40.9 Å². The van der Waals surface area contributed by atoms with E-state index in [-0.39, 0.29) is 5.75 Å². The molecule has 6 heteroatoms. The second-order valence-corrected chi connectivity index (χ2v) is 4.02. The molecule has 2 rings (SSSR count). The van der Waals surface area contributed by atoms with E-state index in [0.717, 1.165) is 0 Å². The van der Waals surface area contributed by atoms with Gasteiger partial charge in [0.2, 0.25) is 5.88 Å². The highest BCUT2D eigenvalue weighted by Crippen LogP contribution is 2.28. The molecule has 0 aliphatic heterocycles. The molecule has 94 valence electrons. The van der Waals surface area contributed by atoms with E-state index in [0.29, 0.717) is 22.3 Å². The molecule has 2 aromatic rings. The van der Waals surface area contributed by atoms with Gasteiger partial charge in [-0.2, -0.15) is 0 Å². The van der Waals surface area contributed by atoms with Crippen LogP contribution in [-0.2, 0) is 0 Å². The maximum absolute atomic E-state index is 13.6. The lowest BCUT2D eigenvalue weighted by atomic mass is 10.3. The molecule has 4 nitrogen and oxygen atoms in total. The average molecular weight is 268 g/mol. The van der Waals surface area contributed by atoms with Crippen molar-refractivity contribution >= 4 is 17.4 Å². The Labute approximate surface area is 109 Å². The van der Waals surface area contributed by atoms with Crippen LogP contribution in [0.3, 0.4) is 0 Å². The Kier molecular flexibility index (Phi) is 3.62. The fourth-order valence-corrected chi connectivity index (χ4v) is 1.61. The number of rotatable bonds is 3. The fourth-order valence-electron chi connectivity index (χ4n) is 1.45. The Morgan fingerprint density at radius 2 is 2.11 bits per heavy atom. The van der Waals surface area contributed by atoms with Gasteiger partial charge in [-0.1, -0.05) is 11.6 Å². The predicted molar refractivity (Wildman–Crippen MR) is 67.8 cm³/mol. The lowest BCUT2D eigenvalue weighted by Crippen LogP contribution is -2.00. The molecular weight excluding hydrogens is 257 g/mol. The van der Waals surface area contributed by atoms with Crippen LogP contribution in [0.1, 0.15) is 5.56 Å². The van der Waals surface area contributed by atoms with Crippen molar-refractivity contribution in [3.63, 3.8) is 0 Å². The van der Waals surface area contributed by atoms with Crippen LogP contribution in [0.5, 0.6) is 11.6 Å². The van der Waals surface area contributed by atoms with E-state index in [9.17, 15) is 4.39 Å². The fraction of sp³-hybridized carbons (Fsp3) is 0.167. The summed E-state index contributed by atoms with van der Waals surface area (Å²) in [6.45, 7) is 1.79. The van der Waals surface area contributed by atoms with Gasteiger partial charge in [0.05, 0.1) is 5.56 Å². The summed E-state index contributed by atoms with van der Waals surface area (Å²) >= 11 is 5.67. The maximum atomic E-state index is 13.6. The van der Waals surface area contributed by atoms with E-state index < -0.39 is 5.82 Å². The zero-order valence-electron chi connectivity index (χ0n) is 9.87. The molecule has 1 aromatic carbocycles. The van der Waals surface area contributed by atoms with Gasteiger partial charge in [-0.15, -0.1) is 0 Å². The predicted octanol–water partition coefficient (Wildman–Crippen LogP) is 3.41. The third-order valence-electron chi connectivity index (χ3n) is 2.38. The van der Waals surface area contributed by atoms with Crippen LogP contribution in [0.15, 0.2) is 24.5 Å². The number of nitrogens with zero attached hydrogens (tertiary/aromatic N) is 2. The van der Waals surface area contributed by atoms with Crippen molar-refractivity contribution in [1.82, 2.24) is 9.97 Å². The number of aromatic nitrogens is 2. The highest BCUT2D eigenvalue weighted by Gasteiger charge is 2.11. The van der Waals surface area contributed by atoms with Crippen molar-refractivity contribution in [2.24, 2.45) is 0 Å². The zero-order valence-corrected chi connectivity index (χ0v) is 10.6. The number of hydrogen-bond donors (Lipinski definition) is 1. The first kappa shape index (κ1) is 12.6. The number of benzene rings is 1. The molecule has 1 heterocycles. The average Bonchev–Trinajstić information content (AvgIpc) is 2.35. The third-order valence-corrected chi connectivity index (χ3v) is 2.61. The van der Waals surface area contributed by atoms with E-state index in [1.807, 2.05) is 0 Å². The molecular formula is C12H11ClFN3O. The minimum Gasteiger partial charge on any atom is -0.435 e. The van der Waals surface area contributed by atoms with E-state index in [4.69, 9.17) is 16.3 Å². The summed E-state index contributed by atoms with van der Waals surface area (Å²) in [6, 6.07) is 4.19. The molecule has 0 saturated heterocycles. The second-order valence-electron chi connectivity index (χ2n) is 3.58. The summed E-state index contributed by atoms with van der Waals surface area (Å²) in [5.41, 5.74) is 0.703. The summed E-state index contributed by atoms with van der Waals surface area (Å²) in [6.07, 6.45) is 1.35. The van der Waals surface area contributed by atoms with Gasteiger partial charge in [-0.05, 0) is 25.1 Å². The lowest BCUT2D eigenvalue weighted by molar-refractivity contribution is 0.424. The first-order valence-corrected chi connectivity index (χ1v) is 5.62. The lowest BCUT2D eigenvalue weighted by Gasteiger charge is -2.10. The molecule has 0 aliphatic rings. The van der Waals surface area contributed by atoms with Gasteiger partial charge < -0.3 is 10.1 Å². The molecule has 0 atom stereocenters. The van der Waals surface area contributed by atoms with Crippen molar-refractivity contribution in [1.29, 1.82) is 0 Å². The molecule has 1 aromatic heterocycles. The molecule has 0 aliphatic carbocycles. The van der Waals surface area contributed by atoms with Gasteiger partial charge in [0.15, 0.2) is 11.6 Å². The number of nitrogens with one attached hydrogen (secondary N) is 1. The molecule has 0 bridgehead atoms. The van der Waals surface area contributed by atoms with Gasteiger partial charge in [-0.3, -0.25) is 0 Å². The van der Waals surface area contributed by atoms with Gasteiger partial charge >= 0.3 is 0 Å². The standard InChI is InChI=1S/C12H11ClFN3O/c1-7-11(15-2)16-6-17-12(7)18-10-4-3-8(13)5-9(10)14/h3-6H,1-2H3,(H,15,16,17). The SMILES string of the molecule is CNc1ncnc(Oc2ccc(Cl)cc2F)c1C. The molecule has 1 N–H and O–H groups in total. The number of hydrogen-bond acceptors (Lipinski definition) is 4. The van der Waals surface area contributed by atoms with Gasteiger partial charge in [0.1, 0.15) is 12.1 Å². The summed E-state index contributed by atoms with van der Waals surface area (Å²) < 4.78 is 19.0. The molecule has 0 spiro atoms. The van der Waals surface area contributed by atoms with Gasteiger partial charge in [0.25, 0.3) is 0 Å². The van der Waals surface area contributed by atoms with Crippen LogP contribution in [0, 0.1) is 12.7 Å². The van der Waals surface area contributed by atoms with E-state index in [1.54, 1.807) is 20.0 Å². The third kappa shape index (κ3) is 2.51. The number of ether oxygens (including phenoxy) is 1. The normalized spacial score (nSPS) is 10.2. The highest BCUT2D eigenvalue weighted by molar-refractivity contribution is 6.30. The molecule has 0 radical (unpaired) electrons. The largest absolute Gasteiger partial charge is 0.435 e. The van der Waals surface area contributed by atoms with E-state index in [1.165, 1.54) is 18.5 Å². The zero-order chi connectivity index (χ0) is 13.1. The molecule has 0 fully saturated rings. The molecule has 0 unspecified atom stereocenters.